The first-order chi connectivity index (χ1) is 7.17. The van der Waals surface area contributed by atoms with Crippen LogP contribution in [0.25, 0.3) is 0 Å². The molecule has 1 heterocycles. The highest BCUT2D eigenvalue weighted by Gasteiger charge is 2.11. The van der Waals surface area contributed by atoms with Crippen molar-refractivity contribution < 1.29 is 0 Å². The quantitative estimate of drug-likeness (QED) is 0.773. The molecule has 86 valence electrons. The van der Waals surface area contributed by atoms with Crippen LogP contribution in [0.2, 0.25) is 0 Å². The molecule has 0 aliphatic carbocycles. The van der Waals surface area contributed by atoms with Crippen LogP contribution in [-0.2, 0) is 13.0 Å². The lowest BCUT2D eigenvalue weighted by molar-refractivity contribution is 0.445. The molecule has 0 saturated heterocycles. The second kappa shape index (κ2) is 5.85. The highest BCUT2D eigenvalue weighted by atomic mass is 15.3. The van der Waals surface area contributed by atoms with Crippen molar-refractivity contribution in [1.29, 1.82) is 0 Å². The van der Waals surface area contributed by atoms with Crippen LogP contribution < -0.4 is 5.32 Å². The molecule has 1 aromatic heterocycles. The molecule has 0 bridgehead atoms. The molecule has 1 N–H and O–H groups in total. The minimum Gasteiger partial charge on any atom is -0.317 e. The van der Waals surface area contributed by atoms with Crippen LogP contribution >= 0.6 is 0 Å². The van der Waals surface area contributed by atoms with Gasteiger partial charge in [-0.05, 0) is 19.4 Å². The molecule has 1 atom stereocenters. The summed E-state index contributed by atoms with van der Waals surface area (Å²) >= 11 is 0. The lowest BCUT2D eigenvalue weighted by Crippen LogP contribution is -2.28. The number of rotatable bonds is 6. The van der Waals surface area contributed by atoms with Crippen LogP contribution in [-0.4, -0.2) is 27.9 Å². The topological polar surface area (TPSA) is 42.7 Å². The largest absolute Gasteiger partial charge is 0.317 e. The molecule has 0 saturated carbocycles. The third kappa shape index (κ3) is 3.63. The Balaban J connectivity index is 2.63. The van der Waals surface area contributed by atoms with Crippen molar-refractivity contribution in [2.24, 2.45) is 5.92 Å². The van der Waals surface area contributed by atoms with Crippen LogP contribution in [0.4, 0.5) is 0 Å². The van der Waals surface area contributed by atoms with Gasteiger partial charge in [0.2, 0.25) is 0 Å². The molecular formula is C11H22N4. The van der Waals surface area contributed by atoms with E-state index in [1.54, 1.807) is 6.33 Å². The Morgan fingerprint density at radius 3 is 2.73 bits per heavy atom. The monoisotopic (exact) mass is 210 g/mol. The summed E-state index contributed by atoms with van der Waals surface area (Å²) in [7, 11) is 2.00. The summed E-state index contributed by atoms with van der Waals surface area (Å²) in [5.74, 6) is 1.70. The predicted octanol–water partition coefficient (Wildman–Crippen LogP) is 1.47. The Morgan fingerprint density at radius 2 is 2.20 bits per heavy atom. The Morgan fingerprint density at radius 1 is 1.47 bits per heavy atom. The van der Waals surface area contributed by atoms with Crippen LogP contribution in [0.3, 0.4) is 0 Å². The summed E-state index contributed by atoms with van der Waals surface area (Å²) in [5, 5.41) is 7.55. The minimum atomic E-state index is 0.500. The number of likely N-dealkylation sites (N-methyl/N-ethyl adjacent to an activating group) is 1. The molecule has 4 heteroatoms. The van der Waals surface area contributed by atoms with Crippen molar-refractivity contribution in [3.63, 3.8) is 0 Å². The number of nitrogens with zero attached hydrogens (tertiary/aromatic N) is 3. The summed E-state index contributed by atoms with van der Waals surface area (Å²) in [6.45, 7) is 7.53. The molecule has 1 aromatic rings. The van der Waals surface area contributed by atoms with E-state index in [1.807, 2.05) is 11.7 Å². The van der Waals surface area contributed by atoms with Gasteiger partial charge in [-0.3, -0.25) is 0 Å². The summed E-state index contributed by atoms with van der Waals surface area (Å²) < 4.78 is 2.02. The van der Waals surface area contributed by atoms with Gasteiger partial charge < -0.3 is 5.32 Å². The Kier molecular flexibility index (Phi) is 4.75. The molecule has 4 nitrogen and oxygen atoms in total. The van der Waals surface area contributed by atoms with Crippen molar-refractivity contribution in [2.45, 2.75) is 46.2 Å². The molecule has 1 unspecified atom stereocenters. The Hall–Kier alpha value is -0.900. The van der Waals surface area contributed by atoms with Crippen molar-refractivity contribution in [1.82, 2.24) is 20.1 Å². The lowest BCUT2D eigenvalue weighted by atomic mass is 10.1. The van der Waals surface area contributed by atoms with Gasteiger partial charge in [0, 0.05) is 19.0 Å². The van der Waals surface area contributed by atoms with Gasteiger partial charge in [-0.1, -0.05) is 20.8 Å². The molecule has 0 aliphatic heterocycles. The average molecular weight is 210 g/mol. The van der Waals surface area contributed by atoms with Gasteiger partial charge in [0.05, 0.1) is 0 Å². The molecule has 0 spiro atoms. The van der Waals surface area contributed by atoms with Gasteiger partial charge in [0.1, 0.15) is 12.2 Å². The normalized spacial score (nSPS) is 13.4. The molecular weight excluding hydrogens is 188 g/mol. The maximum absolute atomic E-state index is 4.32. The zero-order valence-electron chi connectivity index (χ0n) is 10.2. The first kappa shape index (κ1) is 12.2. The van der Waals surface area contributed by atoms with Crippen LogP contribution in [0.5, 0.6) is 0 Å². The Labute approximate surface area is 92.1 Å². The third-order valence-corrected chi connectivity index (χ3v) is 2.56. The van der Waals surface area contributed by atoms with E-state index < -0.39 is 0 Å². The summed E-state index contributed by atoms with van der Waals surface area (Å²) in [5.41, 5.74) is 0. The highest BCUT2D eigenvalue weighted by molar-refractivity contribution is 4.89. The summed E-state index contributed by atoms with van der Waals surface area (Å²) in [6.07, 6.45) is 3.73. The summed E-state index contributed by atoms with van der Waals surface area (Å²) in [6, 6.07) is 0.500. The zero-order valence-corrected chi connectivity index (χ0v) is 10.2. The molecule has 0 fully saturated rings. The zero-order chi connectivity index (χ0) is 11.3. The van der Waals surface area contributed by atoms with Crippen molar-refractivity contribution in [3.05, 3.63) is 12.2 Å². The van der Waals surface area contributed by atoms with E-state index in [0.717, 1.165) is 25.2 Å². The van der Waals surface area contributed by atoms with E-state index >= 15 is 0 Å². The molecule has 0 radical (unpaired) electrons. The molecule has 0 aromatic carbocycles. The lowest BCUT2D eigenvalue weighted by Gasteiger charge is -2.14. The fourth-order valence-electron chi connectivity index (χ4n) is 1.62. The van der Waals surface area contributed by atoms with E-state index in [9.17, 15) is 0 Å². The van der Waals surface area contributed by atoms with E-state index in [0.29, 0.717) is 12.0 Å². The second-order valence-electron chi connectivity index (χ2n) is 4.35. The SMILES string of the molecule is CCC(Cc1ncnn1CC(C)C)NC. The van der Waals surface area contributed by atoms with E-state index in [4.69, 9.17) is 0 Å². The number of hydrogen-bond donors (Lipinski definition) is 1. The molecule has 1 rings (SSSR count). The van der Waals surface area contributed by atoms with E-state index in [1.165, 1.54) is 0 Å². The van der Waals surface area contributed by atoms with Crippen LogP contribution in [0, 0.1) is 5.92 Å². The first-order valence-corrected chi connectivity index (χ1v) is 5.71. The van der Waals surface area contributed by atoms with Gasteiger partial charge in [-0.25, -0.2) is 9.67 Å². The van der Waals surface area contributed by atoms with Gasteiger partial charge in [0.25, 0.3) is 0 Å². The fraction of sp³-hybridized carbons (Fsp3) is 0.818. The number of nitrogens with one attached hydrogen (secondary N) is 1. The van der Waals surface area contributed by atoms with E-state index in [-0.39, 0.29) is 0 Å². The van der Waals surface area contributed by atoms with Gasteiger partial charge in [0.15, 0.2) is 0 Å². The second-order valence-corrected chi connectivity index (χ2v) is 4.35. The highest BCUT2D eigenvalue weighted by Crippen LogP contribution is 2.05. The minimum absolute atomic E-state index is 0.500. The van der Waals surface area contributed by atoms with Crippen molar-refractivity contribution in [3.8, 4) is 0 Å². The maximum atomic E-state index is 4.32. The number of hydrogen-bond acceptors (Lipinski definition) is 3. The van der Waals surface area contributed by atoms with E-state index in [2.05, 4.69) is 36.2 Å². The van der Waals surface area contributed by atoms with Crippen LogP contribution in [0.15, 0.2) is 6.33 Å². The van der Waals surface area contributed by atoms with Crippen molar-refractivity contribution in [2.75, 3.05) is 7.05 Å². The predicted molar refractivity (Wildman–Crippen MR) is 61.7 cm³/mol. The first-order valence-electron chi connectivity index (χ1n) is 5.71. The van der Waals surface area contributed by atoms with Gasteiger partial charge >= 0.3 is 0 Å². The summed E-state index contributed by atoms with van der Waals surface area (Å²) in [4.78, 5) is 4.32. The van der Waals surface area contributed by atoms with Crippen LogP contribution in [0.1, 0.15) is 33.0 Å². The third-order valence-electron chi connectivity index (χ3n) is 2.56. The fourth-order valence-corrected chi connectivity index (χ4v) is 1.62. The molecule has 15 heavy (non-hydrogen) atoms. The standard InChI is InChI=1S/C11H22N4/c1-5-10(12-4)6-11-13-8-14-15(11)7-9(2)3/h8-10,12H,5-7H2,1-4H3. The van der Waals surface area contributed by atoms with Gasteiger partial charge in [-0.2, -0.15) is 5.10 Å². The maximum Gasteiger partial charge on any atom is 0.138 e. The Bertz CT molecular complexity index is 276. The van der Waals surface area contributed by atoms with Gasteiger partial charge in [-0.15, -0.1) is 0 Å². The average Bonchev–Trinajstić information content (AvgIpc) is 2.61. The van der Waals surface area contributed by atoms with Crippen molar-refractivity contribution >= 4 is 0 Å². The number of aromatic nitrogens is 3. The molecule has 0 aliphatic rings. The molecule has 0 amide bonds. The smallest absolute Gasteiger partial charge is 0.138 e.